The molecule has 0 bridgehead atoms. The van der Waals surface area contributed by atoms with Gasteiger partial charge in [-0.25, -0.2) is 0 Å². The zero-order chi connectivity index (χ0) is 12.4. The molecule has 1 saturated heterocycles. The third-order valence-corrected chi connectivity index (χ3v) is 4.45. The maximum absolute atomic E-state index is 5.95. The van der Waals surface area contributed by atoms with Crippen molar-refractivity contribution in [3.8, 4) is 0 Å². The van der Waals surface area contributed by atoms with Crippen LogP contribution >= 0.6 is 22.9 Å². The Kier molecular flexibility index (Phi) is 3.66. The van der Waals surface area contributed by atoms with Gasteiger partial charge in [0.1, 0.15) is 6.10 Å². The molecular formula is C14H14ClNOS. The summed E-state index contributed by atoms with van der Waals surface area (Å²) in [7, 11) is 0. The summed E-state index contributed by atoms with van der Waals surface area (Å²) >= 11 is 7.54. The maximum atomic E-state index is 5.95. The minimum Gasteiger partial charge on any atom is -0.369 e. The molecule has 2 heterocycles. The van der Waals surface area contributed by atoms with Crippen molar-refractivity contribution in [3.05, 3.63) is 57.2 Å². The van der Waals surface area contributed by atoms with Crippen LogP contribution in [0, 0.1) is 0 Å². The number of hydrogen-bond donors (Lipinski definition) is 1. The summed E-state index contributed by atoms with van der Waals surface area (Å²) in [6.45, 7) is 1.53. The lowest BCUT2D eigenvalue weighted by Gasteiger charge is -2.30. The van der Waals surface area contributed by atoms with Gasteiger partial charge in [0.25, 0.3) is 0 Å². The topological polar surface area (TPSA) is 21.3 Å². The van der Waals surface area contributed by atoms with E-state index in [1.54, 1.807) is 11.3 Å². The van der Waals surface area contributed by atoms with E-state index in [-0.39, 0.29) is 12.1 Å². The first-order chi connectivity index (χ1) is 8.83. The molecule has 1 aromatic carbocycles. The summed E-state index contributed by atoms with van der Waals surface area (Å²) in [6.07, 6.45) is 0.127. The highest BCUT2D eigenvalue weighted by atomic mass is 35.5. The molecule has 0 spiro atoms. The van der Waals surface area contributed by atoms with E-state index in [2.05, 4.69) is 29.6 Å². The van der Waals surface area contributed by atoms with Gasteiger partial charge in [-0.1, -0.05) is 41.9 Å². The van der Waals surface area contributed by atoms with Crippen molar-refractivity contribution in [1.82, 2.24) is 5.32 Å². The highest BCUT2D eigenvalue weighted by Gasteiger charge is 2.24. The van der Waals surface area contributed by atoms with Crippen LogP contribution in [0.2, 0.25) is 4.34 Å². The van der Waals surface area contributed by atoms with Crippen molar-refractivity contribution >= 4 is 22.9 Å². The van der Waals surface area contributed by atoms with E-state index in [9.17, 15) is 0 Å². The lowest BCUT2D eigenvalue weighted by molar-refractivity contribution is 0.00441. The fraction of sp³-hybridized carbons (Fsp3) is 0.286. The van der Waals surface area contributed by atoms with Crippen LogP contribution in [0.4, 0.5) is 0 Å². The van der Waals surface area contributed by atoms with E-state index in [0.717, 1.165) is 10.9 Å². The average molecular weight is 280 g/mol. The predicted molar refractivity (Wildman–Crippen MR) is 75.2 cm³/mol. The average Bonchev–Trinajstić information content (AvgIpc) is 2.87. The second-order valence-electron chi connectivity index (χ2n) is 4.34. The first-order valence-electron chi connectivity index (χ1n) is 5.98. The molecular weight excluding hydrogens is 266 g/mol. The first kappa shape index (κ1) is 12.2. The summed E-state index contributed by atoms with van der Waals surface area (Å²) in [6, 6.07) is 14.7. The third-order valence-electron chi connectivity index (χ3n) is 3.13. The third kappa shape index (κ3) is 2.59. The van der Waals surface area contributed by atoms with E-state index in [4.69, 9.17) is 16.3 Å². The van der Waals surface area contributed by atoms with Crippen LogP contribution in [0.3, 0.4) is 0 Å². The van der Waals surface area contributed by atoms with Crippen molar-refractivity contribution < 1.29 is 4.74 Å². The zero-order valence-corrected chi connectivity index (χ0v) is 11.4. The molecule has 2 atom stereocenters. The fourth-order valence-corrected chi connectivity index (χ4v) is 3.27. The highest BCUT2D eigenvalue weighted by Crippen LogP contribution is 2.32. The van der Waals surface area contributed by atoms with Crippen molar-refractivity contribution in [2.45, 2.75) is 12.1 Å². The molecule has 0 radical (unpaired) electrons. The Bertz CT molecular complexity index is 506. The number of nitrogens with one attached hydrogen (secondary N) is 1. The second-order valence-corrected chi connectivity index (χ2v) is 6.08. The minimum absolute atomic E-state index is 0.127. The van der Waals surface area contributed by atoms with Gasteiger partial charge in [0.2, 0.25) is 0 Å². The number of ether oxygens (including phenoxy) is 1. The Balaban J connectivity index is 1.65. The molecule has 0 aliphatic carbocycles. The Morgan fingerprint density at radius 1 is 1.17 bits per heavy atom. The summed E-state index contributed by atoms with van der Waals surface area (Å²) in [5.41, 5.74) is 1.28. The van der Waals surface area contributed by atoms with Crippen LogP contribution in [0.15, 0.2) is 42.5 Å². The standard InChI is InChI=1S/C14H14ClNOS/c15-14-7-6-13(18-14)12-8-16-11(9-17-12)10-4-2-1-3-5-10/h1-7,11-12,16H,8-9H2. The summed E-state index contributed by atoms with van der Waals surface area (Å²) in [5.74, 6) is 0. The van der Waals surface area contributed by atoms with Crippen LogP contribution < -0.4 is 5.32 Å². The molecule has 2 unspecified atom stereocenters. The van der Waals surface area contributed by atoms with Gasteiger partial charge in [0, 0.05) is 11.4 Å². The van der Waals surface area contributed by atoms with Crippen LogP contribution in [0.1, 0.15) is 22.6 Å². The van der Waals surface area contributed by atoms with Gasteiger partial charge < -0.3 is 10.1 Å². The van der Waals surface area contributed by atoms with Gasteiger partial charge >= 0.3 is 0 Å². The van der Waals surface area contributed by atoms with E-state index in [1.165, 1.54) is 10.4 Å². The van der Waals surface area contributed by atoms with Crippen LogP contribution in [0.5, 0.6) is 0 Å². The molecule has 0 saturated carbocycles. The van der Waals surface area contributed by atoms with Crippen molar-refractivity contribution in [2.24, 2.45) is 0 Å². The molecule has 2 nitrogen and oxygen atoms in total. The molecule has 1 fully saturated rings. The summed E-state index contributed by atoms with van der Waals surface area (Å²) in [4.78, 5) is 1.19. The quantitative estimate of drug-likeness (QED) is 0.903. The Morgan fingerprint density at radius 3 is 2.61 bits per heavy atom. The molecule has 2 aromatic rings. The van der Waals surface area contributed by atoms with Crippen molar-refractivity contribution in [2.75, 3.05) is 13.2 Å². The smallest absolute Gasteiger partial charge is 0.104 e. The molecule has 1 aliphatic rings. The Morgan fingerprint density at radius 2 is 2.00 bits per heavy atom. The molecule has 4 heteroatoms. The molecule has 0 amide bonds. The SMILES string of the molecule is Clc1ccc(C2CNC(c3ccccc3)CO2)s1. The van der Waals surface area contributed by atoms with Gasteiger partial charge in [0.15, 0.2) is 0 Å². The minimum atomic E-state index is 0.127. The van der Waals surface area contributed by atoms with Crippen molar-refractivity contribution in [1.29, 1.82) is 0 Å². The normalized spacial score (nSPS) is 24.1. The zero-order valence-electron chi connectivity index (χ0n) is 9.80. The van der Waals surface area contributed by atoms with E-state index in [1.807, 2.05) is 18.2 Å². The lowest BCUT2D eigenvalue weighted by atomic mass is 10.1. The highest BCUT2D eigenvalue weighted by molar-refractivity contribution is 7.16. The number of morpholine rings is 1. The second kappa shape index (κ2) is 5.41. The van der Waals surface area contributed by atoms with Crippen LogP contribution in [-0.4, -0.2) is 13.2 Å². The lowest BCUT2D eigenvalue weighted by Crippen LogP contribution is -2.36. The number of halogens is 1. The molecule has 1 aliphatic heterocycles. The Hall–Kier alpha value is -0.870. The van der Waals surface area contributed by atoms with Gasteiger partial charge in [-0.15, -0.1) is 11.3 Å². The maximum Gasteiger partial charge on any atom is 0.104 e. The number of rotatable bonds is 2. The van der Waals surface area contributed by atoms with Gasteiger partial charge in [0.05, 0.1) is 17.0 Å². The molecule has 1 N–H and O–H groups in total. The number of hydrogen-bond acceptors (Lipinski definition) is 3. The Labute approximate surface area is 116 Å². The van der Waals surface area contributed by atoms with Gasteiger partial charge in [-0.3, -0.25) is 0 Å². The first-order valence-corrected chi connectivity index (χ1v) is 7.17. The van der Waals surface area contributed by atoms with E-state index >= 15 is 0 Å². The van der Waals surface area contributed by atoms with Crippen LogP contribution in [-0.2, 0) is 4.74 Å². The number of thiophene rings is 1. The fourth-order valence-electron chi connectivity index (χ4n) is 2.16. The van der Waals surface area contributed by atoms with Gasteiger partial charge in [-0.05, 0) is 17.7 Å². The van der Waals surface area contributed by atoms with Crippen LogP contribution in [0.25, 0.3) is 0 Å². The van der Waals surface area contributed by atoms with Gasteiger partial charge in [-0.2, -0.15) is 0 Å². The predicted octanol–water partition coefficient (Wildman–Crippen LogP) is 3.80. The molecule has 18 heavy (non-hydrogen) atoms. The molecule has 3 rings (SSSR count). The molecule has 94 valence electrons. The summed E-state index contributed by atoms with van der Waals surface area (Å²) < 4.78 is 6.75. The summed E-state index contributed by atoms with van der Waals surface area (Å²) in [5, 5.41) is 3.53. The van der Waals surface area contributed by atoms with E-state index in [0.29, 0.717) is 6.61 Å². The van der Waals surface area contributed by atoms with E-state index < -0.39 is 0 Å². The largest absolute Gasteiger partial charge is 0.369 e. The van der Waals surface area contributed by atoms with Crippen molar-refractivity contribution in [3.63, 3.8) is 0 Å². The molecule has 1 aromatic heterocycles. The monoisotopic (exact) mass is 279 g/mol. The number of benzene rings is 1.